The Hall–Kier alpha value is -2.67. The molecule has 1 aromatic heterocycles. The van der Waals surface area contributed by atoms with Crippen LogP contribution in [0.4, 0.5) is 5.69 Å². The van der Waals surface area contributed by atoms with Crippen molar-refractivity contribution in [2.75, 3.05) is 0 Å². The van der Waals surface area contributed by atoms with Crippen molar-refractivity contribution in [1.29, 1.82) is 0 Å². The van der Waals surface area contributed by atoms with Gasteiger partial charge in [0.25, 0.3) is 5.69 Å². The van der Waals surface area contributed by atoms with Crippen LogP contribution in [-0.2, 0) is 4.79 Å². The third kappa shape index (κ3) is 3.30. The van der Waals surface area contributed by atoms with Crippen LogP contribution in [0.2, 0.25) is 5.02 Å². The first kappa shape index (κ1) is 18.7. The van der Waals surface area contributed by atoms with Crippen LogP contribution in [-0.4, -0.2) is 17.0 Å². The van der Waals surface area contributed by atoms with Gasteiger partial charge in [-0.1, -0.05) is 31.4 Å². The van der Waals surface area contributed by atoms with E-state index in [4.69, 9.17) is 16.0 Å². The molecule has 2 fully saturated rings. The Balaban J connectivity index is 1.43. The lowest BCUT2D eigenvalue weighted by Gasteiger charge is -2.15. The van der Waals surface area contributed by atoms with Crippen LogP contribution in [0.5, 0.6) is 0 Å². The molecular weight excluding hydrogens is 382 g/mol. The van der Waals surface area contributed by atoms with Crippen molar-refractivity contribution in [2.24, 2.45) is 22.4 Å². The molecule has 0 unspecified atom stereocenters. The Bertz CT molecular complexity index is 970. The van der Waals surface area contributed by atoms with Gasteiger partial charge in [0.05, 0.1) is 16.7 Å². The van der Waals surface area contributed by atoms with E-state index in [0.29, 0.717) is 23.0 Å². The summed E-state index contributed by atoms with van der Waals surface area (Å²) in [6, 6.07) is 7.65. The number of nitrogens with one attached hydrogen (secondary N) is 1. The Morgan fingerprint density at radius 2 is 2.21 bits per heavy atom. The highest BCUT2D eigenvalue weighted by Crippen LogP contribution is 2.66. The monoisotopic (exact) mass is 401 g/mol. The maximum atomic E-state index is 12.4. The molecule has 2 aliphatic carbocycles. The van der Waals surface area contributed by atoms with Crippen LogP contribution in [0.25, 0.3) is 11.3 Å². The molecule has 2 aromatic rings. The number of nitro groups is 1. The van der Waals surface area contributed by atoms with Gasteiger partial charge in [0.1, 0.15) is 11.5 Å². The van der Waals surface area contributed by atoms with Gasteiger partial charge >= 0.3 is 0 Å². The molecule has 4 rings (SSSR count). The second-order valence-electron chi connectivity index (χ2n) is 7.69. The largest absolute Gasteiger partial charge is 0.455 e. The minimum atomic E-state index is -0.507. The first-order valence-electron chi connectivity index (χ1n) is 9.27. The third-order valence-corrected chi connectivity index (χ3v) is 6.26. The standard InChI is InChI=1S/C20H20ClN3O4/c1-20-9-3-2-4-15(20)18(20)19(25)23-22-11-13-6-8-17(28-13)14-7-5-12(21)10-16(14)24(26)27/h5-8,10-11,15,18H,2-4,9H2,1H3,(H,23,25)/b22-11-/t15-,18-,20-/m1/s1. The van der Waals surface area contributed by atoms with E-state index in [1.807, 2.05) is 0 Å². The van der Waals surface area contributed by atoms with E-state index < -0.39 is 4.92 Å². The summed E-state index contributed by atoms with van der Waals surface area (Å²) >= 11 is 5.84. The summed E-state index contributed by atoms with van der Waals surface area (Å²) in [7, 11) is 0. The molecule has 7 nitrogen and oxygen atoms in total. The molecule has 2 aliphatic rings. The molecular formula is C20H20ClN3O4. The van der Waals surface area contributed by atoms with Crippen LogP contribution in [0, 0.1) is 27.4 Å². The second-order valence-corrected chi connectivity index (χ2v) is 8.13. The minimum Gasteiger partial charge on any atom is -0.455 e. The second kappa shape index (κ2) is 7.05. The van der Waals surface area contributed by atoms with E-state index in [9.17, 15) is 14.9 Å². The van der Waals surface area contributed by atoms with E-state index in [0.717, 1.165) is 12.8 Å². The molecule has 146 valence electrons. The van der Waals surface area contributed by atoms with Crippen molar-refractivity contribution < 1.29 is 14.1 Å². The van der Waals surface area contributed by atoms with E-state index in [1.165, 1.54) is 31.2 Å². The van der Waals surface area contributed by atoms with Crippen LogP contribution in [0.3, 0.4) is 0 Å². The van der Waals surface area contributed by atoms with Gasteiger partial charge in [0.2, 0.25) is 5.91 Å². The molecule has 1 N–H and O–H groups in total. The smallest absolute Gasteiger partial charge is 0.281 e. The van der Waals surface area contributed by atoms with Crippen molar-refractivity contribution >= 4 is 29.4 Å². The highest BCUT2D eigenvalue weighted by atomic mass is 35.5. The number of carbonyl (C=O) groups is 1. The van der Waals surface area contributed by atoms with Gasteiger partial charge in [-0.2, -0.15) is 5.10 Å². The van der Waals surface area contributed by atoms with Crippen molar-refractivity contribution in [3.8, 4) is 11.3 Å². The van der Waals surface area contributed by atoms with E-state index >= 15 is 0 Å². The van der Waals surface area contributed by atoms with E-state index in [2.05, 4.69) is 17.5 Å². The number of furan rings is 1. The Morgan fingerprint density at radius 1 is 1.39 bits per heavy atom. The van der Waals surface area contributed by atoms with Crippen LogP contribution in [0.15, 0.2) is 39.9 Å². The maximum Gasteiger partial charge on any atom is 0.281 e. The molecule has 28 heavy (non-hydrogen) atoms. The lowest BCUT2D eigenvalue weighted by atomic mass is 9.90. The number of hydrazone groups is 1. The Kier molecular flexibility index (Phi) is 4.71. The summed E-state index contributed by atoms with van der Waals surface area (Å²) in [6.45, 7) is 2.18. The lowest BCUT2D eigenvalue weighted by Crippen LogP contribution is -2.22. The molecule has 1 heterocycles. The molecule has 0 radical (unpaired) electrons. The fourth-order valence-electron chi connectivity index (χ4n) is 4.51. The summed E-state index contributed by atoms with van der Waals surface area (Å²) in [6.07, 6.45) is 5.99. The predicted octanol–water partition coefficient (Wildman–Crippen LogP) is 4.78. The van der Waals surface area contributed by atoms with Gasteiger partial charge in [0, 0.05) is 17.0 Å². The molecule has 3 atom stereocenters. The zero-order valence-electron chi connectivity index (χ0n) is 15.4. The van der Waals surface area contributed by atoms with Crippen molar-refractivity contribution in [1.82, 2.24) is 5.43 Å². The number of benzene rings is 1. The van der Waals surface area contributed by atoms with E-state index in [1.54, 1.807) is 18.2 Å². The number of fused-ring (bicyclic) bond motifs is 1. The summed E-state index contributed by atoms with van der Waals surface area (Å²) in [5, 5.41) is 15.5. The number of hydrogen-bond acceptors (Lipinski definition) is 5. The summed E-state index contributed by atoms with van der Waals surface area (Å²) in [5.41, 5.74) is 2.92. The molecule has 0 spiro atoms. The number of nitrogens with zero attached hydrogens (tertiary/aromatic N) is 2. The zero-order valence-corrected chi connectivity index (χ0v) is 16.1. The van der Waals surface area contributed by atoms with Crippen LogP contribution in [0.1, 0.15) is 38.4 Å². The van der Waals surface area contributed by atoms with E-state index in [-0.39, 0.29) is 28.0 Å². The average Bonchev–Trinajstić information content (AvgIpc) is 3.02. The fraction of sp³-hybridized carbons (Fsp3) is 0.400. The molecule has 0 bridgehead atoms. The first-order chi connectivity index (χ1) is 13.4. The van der Waals surface area contributed by atoms with Crippen LogP contribution >= 0.6 is 11.6 Å². The van der Waals surface area contributed by atoms with Gasteiger partial charge in [-0.05, 0) is 48.4 Å². The molecule has 1 aromatic carbocycles. The topological polar surface area (TPSA) is 97.7 Å². The molecule has 8 heteroatoms. The zero-order chi connectivity index (χ0) is 19.9. The number of carbonyl (C=O) groups excluding carboxylic acids is 1. The van der Waals surface area contributed by atoms with Crippen LogP contribution < -0.4 is 5.43 Å². The molecule has 0 saturated heterocycles. The normalized spacial score (nSPS) is 26.1. The molecule has 0 aliphatic heterocycles. The van der Waals surface area contributed by atoms with Crippen molar-refractivity contribution in [3.05, 3.63) is 51.2 Å². The van der Waals surface area contributed by atoms with Gasteiger partial charge < -0.3 is 4.42 Å². The minimum absolute atomic E-state index is 0.0380. The third-order valence-electron chi connectivity index (χ3n) is 6.03. The summed E-state index contributed by atoms with van der Waals surface area (Å²) in [4.78, 5) is 23.1. The summed E-state index contributed by atoms with van der Waals surface area (Å²) in [5.74, 6) is 1.18. The maximum absolute atomic E-state index is 12.4. The molecule has 2 saturated carbocycles. The molecule has 1 amide bonds. The average molecular weight is 402 g/mol. The number of hydrogen-bond donors (Lipinski definition) is 1. The quantitative estimate of drug-likeness (QED) is 0.442. The Morgan fingerprint density at radius 3 is 2.93 bits per heavy atom. The van der Waals surface area contributed by atoms with Gasteiger partial charge in [-0.25, -0.2) is 5.43 Å². The SMILES string of the molecule is C[C@@]12CCCC[C@@H]1[C@@H]2C(=O)N/N=C\c1ccc(-c2ccc(Cl)cc2[N+](=O)[O-])o1. The van der Waals surface area contributed by atoms with Gasteiger partial charge in [-0.3, -0.25) is 14.9 Å². The fourth-order valence-corrected chi connectivity index (χ4v) is 4.68. The lowest BCUT2D eigenvalue weighted by molar-refractivity contribution is -0.384. The number of nitro benzene ring substituents is 1. The predicted molar refractivity (Wildman–Crippen MR) is 105 cm³/mol. The summed E-state index contributed by atoms with van der Waals surface area (Å²) < 4.78 is 5.62. The van der Waals surface area contributed by atoms with Gasteiger partial charge in [-0.15, -0.1) is 0 Å². The first-order valence-corrected chi connectivity index (χ1v) is 9.65. The van der Waals surface area contributed by atoms with Gasteiger partial charge in [0.15, 0.2) is 0 Å². The van der Waals surface area contributed by atoms with Crippen molar-refractivity contribution in [3.63, 3.8) is 0 Å². The number of rotatable bonds is 5. The highest BCUT2D eigenvalue weighted by Gasteiger charge is 2.64. The Labute approximate surface area is 166 Å². The number of amides is 1. The highest BCUT2D eigenvalue weighted by molar-refractivity contribution is 6.30. The number of halogens is 1. The van der Waals surface area contributed by atoms with Crippen molar-refractivity contribution in [2.45, 2.75) is 32.6 Å².